The Bertz CT molecular complexity index is 1230. The van der Waals surface area contributed by atoms with Gasteiger partial charge in [0.1, 0.15) is 23.4 Å². The van der Waals surface area contributed by atoms with E-state index in [9.17, 15) is 4.39 Å². The Morgan fingerprint density at radius 1 is 1.00 bits per heavy atom. The van der Waals surface area contributed by atoms with Gasteiger partial charge in [-0.05, 0) is 69.0 Å². The van der Waals surface area contributed by atoms with Crippen LogP contribution in [-0.4, -0.2) is 31.5 Å². The molecule has 4 heterocycles. The van der Waals surface area contributed by atoms with E-state index in [1.165, 1.54) is 30.8 Å². The SMILES string of the molecule is Cc1cc(C2CCCCO2)ccn1.Cc1cnc2c(-c3ccc(Cl)cc3F)ncnc2n1. The molecule has 3 aromatic heterocycles. The van der Waals surface area contributed by atoms with Gasteiger partial charge in [0.25, 0.3) is 0 Å². The maximum atomic E-state index is 14.0. The molecule has 1 aliphatic rings. The van der Waals surface area contributed by atoms with Gasteiger partial charge >= 0.3 is 0 Å². The Morgan fingerprint density at radius 2 is 1.88 bits per heavy atom. The predicted molar refractivity (Wildman–Crippen MR) is 122 cm³/mol. The monoisotopic (exact) mass is 451 g/mol. The molecule has 0 radical (unpaired) electrons. The molecule has 5 rings (SSSR count). The number of pyridine rings is 1. The Hall–Kier alpha value is -3.03. The second kappa shape index (κ2) is 10.1. The normalized spacial score (nSPS) is 15.8. The number of nitrogens with zero attached hydrogens (tertiary/aromatic N) is 5. The van der Waals surface area contributed by atoms with Gasteiger partial charge in [-0.1, -0.05) is 11.6 Å². The van der Waals surface area contributed by atoms with Crippen molar-refractivity contribution in [1.29, 1.82) is 0 Å². The maximum absolute atomic E-state index is 14.0. The smallest absolute Gasteiger partial charge is 0.182 e. The summed E-state index contributed by atoms with van der Waals surface area (Å²) in [4.78, 5) is 20.8. The average molecular weight is 452 g/mol. The van der Waals surface area contributed by atoms with Crippen LogP contribution in [0.15, 0.2) is 49.1 Å². The molecule has 0 amide bonds. The van der Waals surface area contributed by atoms with Crippen molar-refractivity contribution in [3.63, 3.8) is 0 Å². The molecule has 8 heteroatoms. The molecule has 32 heavy (non-hydrogen) atoms. The lowest BCUT2D eigenvalue weighted by atomic mass is 10.0. The van der Waals surface area contributed by atoms with Crippen LogP contribution in [0.25, 0.3) is 22.4 Å². The molecule has 6 nitrogen and oxygen atoms in total. The molecule has 1 aliphatic heterocycles. The second-order valence-electron chi connectivity index (χ2n) is 7.62. The van der Waals surface area contributed by atoms with Gasteiger partial charge in [-0.15, -0.1) is 0 Å². The number of ether oxygens (including phenoxy) is 1. The molecule has 164 valence electrons. The van der Waals surface area contributed by atoms with Gasteiger partial charge in [0, 0.05) is 35.3 Å². The molecule has 0 aliphatic carbocycles. The van der Waals surface area contributed by atoms with E-state index in [2.05, 4.69) is 37.1 Å². The van der Waals surface area contributed by atoms with Crippen molar-refractivity contribution in [2.24, 2.45) is 0 Å². The number of hydrogen-bond acceptors (Lipinski definition) is 6. The number of fused-ring (bicyclic) bond motifs is 1. The van der Waals surface area contributed by atoms with Gasteiger partial charge in [0.2, 0.25) is 0 Å². The zero-order chi connectivity index (χ0) is 22.5. The summed E-state index contributed by atoms with van der Waals surface area (Å²) >= 11 is 5.74. The van der Waals surface area contributed by atoms with E-state index in [0.29, 0.717) is 33.5 Å². The number of aromatic nitrogens is 5. The highest BCUT2D eigenvalue weighted by Gasteiger charge is 2.16. The third kappa shape index (κ3) is 5.23. The first kappa shape index (κ1) is 22.2. The summed E-state index contributed by atoms with van der Waals surface area (Å²) in [6, 6.07) is 8.60. The standard InChI is InChI=1S/C13H8ClFN4.C11H15NO/c1-7-5-16-12-11(17-6-18-13(12)19-7)9-3-2-8(14)4-10(9)15;1-9-8-10(5-6-12-9)11-4-2-3-7-13-11/h2-6H,1H3;5-6,8,11H,2-4,7H2,1H3. The van der Waals surface area contributed by atoms with Crippen LogP contribution in [0.1, 0.15) is 42.3 Å². The lowest BCUT2D eigenvalue weighted by Gasteiger charge is -2.22. The number of aryl methyl sites for hydroxylation is 2. The van der Waals surface area contributed by atoms with Crippen molar-refractivity contribution in [2.45, 2.75) is 39.2 Å². The predicted octanol–water partition coefficient (Wildman–Crippen LogP) is 5.82. The zero-order valence-corrected chi connectivity index (χ0v) is 18.7. The van der Waals surface area contributed by atoms with Crippen molar-refractivity contribution in [3.05, 3.63) is 76.8 Å². The minimum atomic E-state index is -0.449. The highest BCUT2D eigenvalue weighted by atomic mass is 35.5. The Morgan fingerprint density at radius 3 is 2.62 bits per heavy atom. The van der Waals surface area contributed by atoms with Crippen LogP contribution < -0.4 is 0 Å². The summed E-state index contributed by atoms with van der Waals surface area (Å²) in [5.74, 6) is -0.449. The van der Waals surface area contributed by atoms with Crippen LogP contribution in [0, 0.1) is 19.7 Å². The first-order valence-electron chi connectivity index (χ1n) is 10.4. The zero-order valence-electron chi connectivity index (χ0n) is 17.9. The quantitative estimate of drug-likeness (QED) is 0.382. The average Bonchev–Trinajstić information content (AvgIpc) is 2.80. The third-order valence-corrected chi connectivity index (χ3v) is 5.36. The number of hydrogen-bond donors (Lipinski definition) is 0. The minimum absolute atomic E-state index is 0.315. The van der Waals surface area contributed by atoms with Crippen molar-refractivity contribution >= 4 is 22.8 Å². The largest absolute Gasteiger partial charge is 0.374 e. The van der Waals surface area contributed by atoms with Crippen molar-refractivity contribution < 1.29 is 9.13 Å². The fourth-order valence-electron chi connectivity index (χ4n) is 3.57. The van der Waals surface area contributed by atoms with E-state index in [1.54, 1.807) is 18.3 Å². The van der Waals surface area contributed by atoms with Gasteiger partial charge in [0.05, 0.1) is 11.8 Å². The van der Waals surface area contributed by atoms with E-state index in [1.807, 2.05) is 20.0 Å². The topological polar surface area (TPSA) is 73.7 Å². The van der Waals surface area contributed by atoms with Crippen molar-refractivity contribution in [1.82, 2.24) is 24.9 Å². The summed E-state index contributed by atoms with van der Waals surface area (Å²) < 4.78 is 19.6. The Labute approximate surface area is 190 Å². The highest BCUT2D eigenvalue weighted by Crippen LogP contribution is 2.28. The van der Waals surface area contributed by atoms with Crippen LogP contribution in [-0.2, 0) is 4.74 Å². The van der Waals surface area contributed by atoms with Crippen LogP contribution in [0.4, 0.5) is 4.39 Å². The van der Waals surface area contributed by atoms with Gasteiger partial charge in [-0.2, -0.15) is 0 Å². The molecule has 0 N–H and O–H groups in total. The number of halogens is 2. The summed E-state index contributed by atoms with van der Waals surface area (Å²) in [5, 5.41) is 0.335. The molecule has 0 spiro atoms. The highest BCUT2D eigenvalue weighted by molar-refractivity contribution is 6.30. The molecule has 1 saturated heterocycles. The molecular weight excluding hydrogens is 429 g/mol. The molecule has 0 bridgehead atoms. The molecule has 1 fully saturated rings. The van der Waals surface area contributed by atoms with E-state index >= 15 is 0 Å². The van der Waals surface area contributed by atoms with Crippen LogP contribution in [0.3, 0.4) is 0 Å². The van der Waals surface area contributed by atoms with Crippen molar-refractivity contribution in [2.75, 3.05) is 6.61 Å². The summed E-state index contributed by atoms with van der Waals surface area (Å²) in [5.41, 5.74) is 4.75. The molecule has 4 aromatic rings. The van der Waals surface area contributed by atoms with Crippen LogP contribution >= 0.6 is 11.6 Å². The minimum Gasteiger partial charge on any atom is -0.374 e. The van der Waals surface area contributed by atoms with Crippen LogP contribution in [0.2, 0.25) is 5.02 Å². The number of benzene rings is 1. The first-order valence-corrected chi connectivity index (χ1v) is 10.8. The molecule has 1 unspecified atom stereocenters. The fourth-order valence-corrected chi connectivity index (χ4v) is 3.73. The first-order chi connectivity index (χ1) is 15.5. The number of rotatable bonds is 2. The van der Waals surface area contributed by atoms with Crippen LogP contribution in [0.5, 0.6) is 0 Å². The maximum Gasteiger partial charge on any atom is 0.182 e. The van der Waals surface area contributed by atoms with E-state index in [-0.39, 0.29) is 0 Å². The van der Waals surface area contributed by atoms with Gasteiger partial charge in [-0.3, -0.25) is 4.98 Å². The van der Waals surface area contributed by atoms with Crippen molar-refractivity contribution in [3.8, 4) is 11.3 Å². The lowest BCUT2D eigenvalue weighted by molar-refractivity contribution is 0.0149. The summed E-state index contributed by atoms with van der Waals surface area (Å²) in [7, 11) is 0. The lowest BCUT2D eigenvalue weighted by Crippen LogP contribution is -2.11. The van der Waals surface area contributed by atoms with Gasteiger partial charge in [-0.25, -0.2) is 24.3 Å². The summed E-state index contributed by atoms with van der Waals surface area (Å²) in [6.07, 6.45) is 8.78. The molecular formula is C24H23ClFN5O. The van der Waals surface area contributed by atoms with Gasteiger partial charge in [0.15, 0.2) is 5.65 Å². The van der Waals surface area contributed by atoms with E-state index in [4.69, 9.17) is 16.3 Å². The fraction of sp³-hybridized carbons (Fsp3) is 0.292. The van der Waals surface area contributed by atoms with Gasteiger partial charge < -0.3 is 4.74 Å². The van der Waals surface area contributed by atoms with E-state index in [0.717, 1.165) is 24.4 Å². The second-order valence-corrected chi connectivity index (χ2v) is 8.05. The molecule has 1 aromatic carbocycles. The third-order valence-electron chi connectivity index (χ3n) is 5.12. The summed E-state index contributed by atoms with van der Waals surface area (Å²) in [6.45, 7) is 4.75. The Balaban J connectivity index is 0.000000165. The Kier molecular flexibility index (Phi) is 6.97. The molecule has 0 saturated carbocycles. The van der Waals surface area contributed by atoms with E-state index < -0.39 is 5.82 Å². The molecule has 1 atom stereocenters.